The summed E-state index contributed by atoms with van der Waals surface area (Å²) in [5.41, 5.74) is 4.86. The van der Waals surface area contributed by atoms with Gasteiger partial charge in [0.2, 0.25) is 23.2 Å². The number of ether oxygens (including phenoxy) is 1. The molecular weight excluding hydrogens is 444 g/mol. The molecule has 1 aromatic heterocycles. The van der Waals surface area contributed by atoms with E-state index in [0.29, 0.717) is 27.7 Å². The van der Waals surface area contributed by atoms with E-state index < -0.39 is 6.23 Å². The maximum absolute atomic E-state index is 13.0. The van der Waals surface area contributed by atoms with Crippen molar-refractivity contribution in [2.45, 2.75) is 46.0 Å². The average molecular weight is 469 g/mol. The summed E-state index contributed by atoms with van der Waals surface area (Å²) in [5, 5.41) is 10.0. The maximum atomic E-state index is 13.0. The minimum absolute atomic E-state index is 0.145. The van der Waals surface area contributed by atoms with E-state index in [1.54, 1.807) is 17.0 Å². The van der Waals surface area contributed by atoms with Gasteiger partial charge < -0.3 is 4.74 Å². The van der Waals surface area contributed by atoms with Crippen LogP contribution in [-0.2, 0) is 4.79 Å². The van der Waals surface area contributed by atoms with Crippen molar-refractivity contribution in [1.29, 1.82) is 0 Å². The van der Waals surface area contributed by atoms with Gasteiger partial charge in [-0.05, 0) is 43.5 Å². The third-order valence-corrected chi connectivity index (χ3v) is 6.59. The molecule has 0 N–H and O–H groups in total. The van der Waals surface area contributed by atoms with Gasteiger partial charge in [-0.2, -0.15) is 4.98 Å². The predicted octanol–water partition coefficient (Wildman–Crippen LogP) is 6.00. The molecule has 2 aromatic carbocycles. The van der Waals surface area contributed by atoms with E-state index >= 15 is 0 Å². The Morgan fingerprint density at radius 1 is 1.19 bits per heavy atom. The number of thioether (sulfide) groups is 1. The second-order valence-electron chi connectivity index (χ2n) is 8.34. The highest BCUT2D eigenvalue weighted by atomic mass is 35.5. The van der Waals surface area contributed by atoms with Crippen molar-refractivity contribution in [3.05, 3.63) is 58.1 Å². The van der Waals surface area contributed by atoms with Gasteiger partial charge in [0.15, 0.2) is 5.69 Å². The fraction of sp³-hybridized carbons (Fsp3) is 0.333. The van der Waals surface area contributed by atoms with Gasteiger partial charge in [0, 0.05) is 28.8 Å². The number of nitrogens with zero attached hydrogens (tertiary/aromatic N) is 4. The van der Waals surface area contributed by atoms with E-state index in [2.05, 4.69) is 24.0 Å². The summed E-state index contributed by atoms with van der Waals surface area (Å²) < 4.78 is 6.42. The molecular formula is C24H25ClN4O2S. The standard InChI is InChI=1S/C24H25ClN4O2S/c1-13(2)12-32-24-26-22-20(27-28-24)19-11-14(3)10-15(4)21(19)29(16(5)30)23(31-22)17-6-8-18(25)9-7-17/h6-11,13,23H,12H2,1-5H3. The molecule has 8 heteroatoms. The Balaban J connectivity index is 1.94. The molecule has 0 saturated carbocycles. The molecule has 2 heterocycles. The molecule has 1 unspecified atom stereocenters. The molecule has 6 nitrogen and oxygen atoms in total. The summed E-state index contributed by atoms with van der Waals surface area (Å²) in [5.74, 6) is 1.58. The van der Waals surface area contributed by atoms with Crippen LogP contribution in [0.3, 0.4) is 0 Å². The van der Waals surface area contributed by atoms with Crippen molar-refractivity contribution in [1.82, 2.24) is 15.2 Å². The largest absolute Gasteiger partial charge is 0.447 e. The monoisotopic (exact) mass is 468 g/mol. The van der Waals surface area contributed by atoms with Crippen molar-refractivity contribution >= 4 is 35.0 Å². The lowest BCUT2D eigenvalue weighted by molar-refractivity contribution is -0.118. The molecule has 0 spiro atoms. The minimum Gasteiger partial charge on any atom is -0.447 e. The second-order valence-corrected chi connectivity index (χ2v) is 9.77. The zero-order valence-electron chi connectivity index (χ0n) is 18.7. The molecule has 0 saturated heterocycles. The average Bonchev–Trinajstić information content (AvgIpc) is 2.87. The van der Waals surface area contributed by atoms with Crippen LogP contribution in [-0.4, -0.2) is 26.8 Å². The van der Waals surface area contributed by atoms with E-state index in [9.17, 15) is 4.79 Å². The number of aryl methyl sites for hydroxylation is 2. The van der Waals surface area contributed by atoms with Crippen LogP contribution in [0.15, 0.2) is 41.6 Å². The van der Waals surface area contributed by atoms with Gasteiger partial charge in [-0.1, -0.05) is 61.0 Å². The number of amides is 1. The number of aromatic nitrogens is 3. The van der Waals surface area contributed by atoms with Crippen molar-refractivity contribution in [2.75, 3.05) is 10.7 Å². The summed E-state index contributed by atoms with van der Waals surface area (Å²) in [4.78, 5) is 19.3. The SMILES string of the molecule is CC(=O)N1c2c(C)cc(C)cc2-c2nnc(SCC(C)C)nc2OC1c1ccc(Cl)cc1. The fourth-order valence-electron chi connectivity index (χ4n) is 3.75. The highest BCUT2D eigenvalue weighted by Crippen LogP contribution is 2.45. The van der Waals surface area contributed by atoms with Gasteiger partial charge >= 0.3 is 0 Å². The Hall–Kier alpha value is -2.64. The summed E-state index contributed by atoms with van der Waals surface area (Å²) in [6, 6.07) is 11.3. The number of anilines is 1. The van der Waals surface area contributed by atoms with E-state index in [-0.39, 0.29) is 5.91 Å². The number of hydrogen-bond donors (Lipinski definition) is 0. The van der Waals surface area contributed by atoms with Crippen LogP contribution in [0.2, 0.25) is 5.02 Å². The van der Waals surface area contributed by atoms with Gasteiger partial charge in [0.05, 0.1) is 5.69 Å². The normalized spacial score (nSPS) is 15.1. The number of benzene rings is 2. The number of halogens is 1. The van der Waals surface area contributed by atoms with Crippen molar-refractivity contribution in [3.8, 4) is 17.1 Å². The second kappa shape index (κ2) is 9.08. The smallest absolute Gasteiger partial charge is 0.247 e. The molecule has 1 amide bonds. The fourth-order valence-corrected chi connectivity index (χ4v) is 4.61. The van der Waals surface area contributed by atoms with Crippen LogP contribution in [0.4, 0.5) is 5.69 Å². The van der Waals surface area contributed by atoms with Crippen molar-refractivity contribution < 1.29 is 9.53 Å². The lowest BCUT2D eigenvalue weighted by atomic mass is 10.00. The van der Waals surface area contributed by atoms with E-state index in [0.717, 1.165) is 33.7 Å². The van der Waals surface area contributed by atoms with Gasteiger partial charge in [0.25, 0.3) is 0 Å². The lowest BCUT2D eigenvalue weighted by Gasteiger charge is -2.31. The predicted molar refractivity (Wildman–Crippen MR) is 128 cm³/mol. The van der Waals surface area contributed by atoms with E-state index in [4.69, 9.17) is 21.3 Å². The summed E-state index contributed by atoms with van der Waals surface area (Å²) >= 11 is 7.65. The molecule has 4 rings (SSSR count). The third kappa shape index (κ3) is 4.45. The third-order valence-electron chi connectivity index (χ3n) is 5.07. The Morgan fingerprint density at radius 2 is 1.91 bits per heavy atom. The summed E-state index contributed by atoms with van der Waals surface area (Å²) in [6.07, 6.45) is -0.717. The van der Waals surface area contributed by atoms with Crippen LogP contribution in [0.1, 0.15) is 43.7 Å². The van der Waals surface area contributed by atoms with Crippen LogP contribution >= 0.6 is 23.4 Å². The molecule has 1 aliphatic heterocycles. The lowest BCUT2D eigenvalue weighted by Crippen LogP contribution is -2.36. The first kappa shape index (κ1) is 22.6. The number of carbonyl (C=O) groups is 1. The molecule has 0 fully saturated rings. The van der Waals surface area contributed by atoms with Crippen molar-refractivity contribution in [3.63, 3.8) is 0 Å². The van der Waals surface area contributed by atoms with Crippen LogP contribution in [0, 0.1) is 19.8 Å². The van der Waals surface area contributed by atoms with Crippen LogP contribution < -0.4 is 9.64 Å². The van der Waals surface area contributed by atoms with Gasteiger partial charge in [-0.25, -0.2) is 0 Å². The molecule has 0 bridgehead atoms. The molecule has 1 atom stereocenters. The Morgan fingerprint density at radius 3 is 2.56 bits per heavy atom. The first-order valence-electron chi connectivity index (χ1n) is 10.5. The Kier molecular flexibility index (Phi) is 6.40. The number of carbonyl (C=O) groups excluding carboxylic acids is 1. The molecule has 3 aromatic rings. The van der Waals surface area contributed by atoms with Gasteiger partial charge in [0.1, 0.15) is 0 Å². The van der Waals surface area contributed by atoms with Crippen molar-refractivity contribution in [2.24, 2.45) is 5.92 Å². The molecule has 0 radical (unpaired) electrons. The zero-order chi connectivity index (χ0) is 23.0. The Labute approximate surface area is 197 Å². The molecule has 32 heavy (non-hydrogen) atoms. The molecule has 1 aliphatic rings. The van der Waals surface area contributed by atoms with E-state index in [1.807, 2.05) is 38.1 Å². The van der Waals surface area contributed by atoms with Crippen LogP contribution in [0.25, 0.3) is 11.3 Å². The first-order chi connectivity index (χ1) is 15.2. The molecule has 166 valence electrons. The number of fused-ring (bicyclic) bond motifs is 3. The quantitative estimate of drug-likeness (QED) is 0.437. The Bertz CT molecular complexity index is 1170. The first-order valence-corrected chi connectivity index (χ1v) is 11.8. The number of hydrogen-bond acceptors (Lipinski definition) is 6. The van der Waals surface area contributed by atoms with E-state index in [1.165, 1.54) is 18.7 Å². The maximum Gasteiger partial charge on any atom is 0.247 e. The van der Waals surface area contributed by atoms with Gasteiger partial charge in [-0.15, -0.1) is 10.2 Å². The number of rotatable bonds is 4. The van der Waals surface area contributed by atoms with Crippen LogP contribution in [0.5, 0.6) is 5.88 Å². The highest BCUT2D eigenvalue weighted by Gasteiger charge is 2.35. The summed E-state index contributed by atoms with van der Waals surface area (Å²) in [6.45, 7) is 9.82. The van der Waals surface area contributed by atoms with Gasteiger partial charge in [-0.3, -0.25) is 9.69 Å². The summed E-state index contributed by atoms with van der Waals surface area (Å²) in [7, 11) is 0. The molecule has 0 aliphatic carbocycles. The topological polar surface area (TPSA) is 68.2 Å². The highest BCUT2D eigenvalue weighted by molar-refractivity contribution is 7.99. The zero-order valence-corrected chi connectivity index (χ0v) is 20.3. The minimum atomic E-state index is -0.717.